The summed E-state index contributed by atoms with van der Waals surface area (Å²) in [4.78, 5) is 8.86. The van der Waals surface area contributed by atoms with Crippen molar-refractivity contribution in [2.75, 3.05) is 37.6 Å². The molecule has 37 heavy (non-hydrogen) atoms. The minimum Gasteiger partial charge on any atom is -0.436 e. The fourth-order valence-electron chi connectivity index (χ4n) is 4.36. The molecule has 186 valence electrons. The van der Waals surface area contributed by atoms with Crippen LogP contribution in [0.25, 0.3) is 22.6 Å². The number of benzene rings is 3. The summed E-state index contributed by atoms with van der Waals surface area (Å²) in [5.74, 6) is 6.90. The number of aryl methyl sites for hydroxylation is 1. The molecular formula is C29H23F3N4O. The first-order valence-corrected chi connectivity index (χ1v) is 11.9. The van der Waals surface area contributed by atoms with Gasteiger partial charge >= 0.3 is 6.18 Å². The number of nitrogens with zero attached hydrogens (tertiary/aromatic N) is 4. The summed E-state index contributed by atoms with van der Waals surface area (Å²) in [6.45, 7) is 5.57. The average Bonchev–Trinajstić information content (AvgIpc) is 3.34. The van der Waals surface area contributed by atoms with E-state index in [0.29, 0.717) is 29.1 Å². The lowest BCUT2D eigenvalue weighted by molar-refractivity contribution is -0.137. The normalized spacial score (nSPS) is 14.3. The SMILES string of the molecule is Cc1cc(C#N)cc2nc(-c3ccc(C#CCN4CCN(c5ccc(C(F)(F)F)cc5)CC4)cc3)oc12. The summed E-state index contributed by atoms with van der Waals surface area (Å²) < 4.78 is 44.3. The minimum atomic E-state index is -4.32. The lowest BCUT2D eigenvalue weighted by atomic mass is 10.1. The number of piperazine rings is 1. The molecule has 4 aromatic rings. The molecule has 5 rings (SSSR count). The molecule has 0 unspecified atom stereocenters. The maximum absolute atomic E-state index is 12.8. The van der Waals surface area contributed by atoms with Crippen LogP contribution in [0.1, 0.15) is 22.3 Å². The number of rotatable bonds is 3. The molecule has 1 aromatic heterocycles. The Morgan fingerprint density at radius 3 is 2.30 bits per heavy atom. The molecule has 0 bridgehead atoms. The number of alkyl halides is 3. The smallest absolute Gasteiger partial charge is 0.416 e. The molecule has 0 amide bonds. The van der Waals surface area contributed by atoms with Crippen molar-refractivity contribution in [2.45, 2.75) is 13.1 Å². The van der Waals surface area contributed by atoms with Gasteiger partial charge in [0.1, 0.15) is 5.52 Å². The Kier molecular flexibility index (Phi) is 6.60. The van der Waals surface area contributed by atoms with Crippen LogP contribution in [0, 0.1) is 30.1 Å². The van der Waals surface area contributed by atoms with Gasteiger partial charge in [0.2, 0.25) is 5.89 Å². The van der Waals surface area contributed by atoms with Gasteiger partial charge in [-0.3, -0.25) is 4.90 Å². The van der Waals surface area contributed by atoms with Crippen molar-refractivity contribution in [1.29, 1.82) is 5.26 Å². The number of aromatic nitrogens is 1. The fourth-order valence-corrected chi connectivity index (χ4v) is 4.36. The third kappa shape index (κ3) is 5.45. The molecule has 3 aromatic carbocycles. The Morgan fingerprint density at radius 1 is 0.946 bits per heavy atom. The van der Waals surface area contributed by atoms with Gasteiger partial charge in [-0.25, -0.2) is 4.98 Å². The second kappa shape index (κ2) is 10.0. The maximum atomic E-state index is 12.8. The zero-order valence-corrected chi connectivity index (χ0v) is 20.1. The zero-order valence-electron chi connectivity index (χ0n) is 20.1. The molecule has 0 N–H and O–H groups in total. The average molecular weight is 501 g/mol. The number of oxazole rings is 1. The number of hydrogen-bond donors (Lipinski definition) is 0. The highest BCUT2D eigenvalue weighted by atomic mass is 19.4. The fraction of sp³-hybridized carbons (Fsp3) is 0.241. The van der Waals surface area contributed by atoms with E-state index < -0.39 is 11.7 Å². The highest BCUT2D eigenvalue weighted by Gasteiger charge is 2.30. The molecule has 0 aliphatic carbocycles. The largest absolute Gasteiger partial charge is 0.436 e. The molecular weight excluding hydrogens is 477 g/mol. The number of halogens is 3. The van der Waals surface area contributed by atoms with Crippen molar-refractivity contribution >= 4 is 16.8 Å². The topological polar surface area (TPSA) is 56.3 Å². The summed E-state index contributed by atoms with van der Waals surface area (Å²) in [7, 11) is 0. The van der Waals surface area contributed by atoms with E-state index in [4.69, 9.17) is 9.68 Å². The highest BCUT2D eigenvalue weighted by molar-refractivity contribution is 5.80. The molecule has 2 heterocycles. The van der Waals surface area contributed by atoms with Gasteiger partial charge in [-0.2, -0.15) is 18.4 Å². The molecule has 8 heteroatoms. The van der Waals surface area contributed by atoms with E-state index in [9.17, 15) is 13.2 Å². The van der Waals surface area contributed by atoms with E-state index >= 15 is 0 Å². The first kappa shape index (κ1) is 24.4. The summed E-state index contributed by atoms with van der Waals surface area (Å²) >= 11 is 0. The first-order chi connectivity index (χ1) is 17.8. The van der Waals surface area contributed by atoms with Crippen LogP contribution in [0.15, 0.2) is 65.1 Å². The Bertz CT molecular complexity index is 1510. The van der Waals surface area contributed by atoms with Crippen LogP contribution in [0.3, 0.4) is 0 Å². The van der Waals surface area contributed by atoms with Crippen molar-refractivity contribution in [3.63, 3.8) is 0 Å². The quantitative estimate of drug-likeness (QED) is 0.330. The zero-order chi connectivity index (χ0) is 26.0. The van der Waals surface area contributed by atoms with E-state index in [0.717, 1.165) is 60.7 Å². The Hall–Kier alpha value is -4.27. The number of nitriles is 1. The molecule has 0 spiro atoms. The summed E-state index contributed by atoms with van der Waals surface area (Å²) in [5.41, 5.74) is 4.65. The third-order valence-electron chi connectivity index (χ3n) is 6.40. The number of anilines is 1. The molecule has 0 radical (unpaired) electrons. The van der Waals surface area contributed by atoms with Crippen LogP contribution in [0.5, 0.6) is 0 Å². The number of fused-ring (bicyclic) bond motifs is 1. The summed E-state index contributed by atoms with van der Waals surface area (Å²) in [6.07, 6.45) is -4.32. The van der Waals surface area contributed by atoms with Crippen LogP contribution in [-0.4, -0.2) is 42.6 Å². The second-order valence-electron chi connectivity index (χ2n) is 8.96. The Balaban J connectivity index is 1.16. The molecule has 0 atom stereocenters. The van der Waals surface area contributed by atoms with Crippen LogP contribution >= 0.6 is 0 Å². The van der Waals surface area contributed by atoms with E-state index in [1.165, 1.54) is 12.1 Å². The molecule has 1 aliphatic rings. The van der Waals surface area contributed by atoms with Gasteiger partial charge in [0.05, 0.1) is 23.7 Å². The van der Waals surface area contributed by atoms with Crippen LogP contribution < -0.4 is 4.90 Å². The van der Waals surface area contributed by atoms with Crippen LogP contribution in [0.4, 0.5) is 18.9 Å². The first-order valence-electron chi connectivity index (χ1n) is 11.9. The van der Waals surface area contributed by atoms with Crippen molar-refractivity contribution in [3.8, 4) is 29.4 Å². The lowest BCUT2D eigenvalue weighted by Crippen LogP contribution is -2.46. The van der Waals surface area contributed by atoms with E-state index in [1.54, 1.807) is 12.1 Å². The van der Waals surface area contributed by atoms with Crippen molar-refractivity contribution in [3.05, 3.63) is 82.9 Å². The van der Waals surface area contributed by atoms with Gasteiger partial charge in [0.25, 0.3) is 0 Å². The van der Waals surface area contributed by atoms with Crippen molar-refractivity contribution in [2.24, 2.45) is 0 Å². The van der Waals surface area contributed by atoms with E-state index in [1.807, 2.05) is 31.2 Å². The van der Waals surface area contributed by atoms with Crippen molar-refractivity contribution in [1.82, 2.24) is 9.88 Å². The van der Waals surface area contributed by atoms with Crippen LogP contribution in [-0.2, 0) is 6.18 Å². The van der Waals surface area contributed by atoms with Gasteiger partial charge < -0.3 is 9.32 Å². The Morgan fingerprint density at radius 2 is 1.65 bits per heavy atom. The third-order valence-corrected chi connectivity index (χ3v) is 6.40. The maximum Gasteiger partial charge on any atom is 0.416 e. The van der Waals surface area contributed by atoms with Gasteiger partial charge in [0.15, 0.2) is 5.58 Å². The standard InChI is InChI=1S/C29H23F3N4O/c1-20-17-22(19-33)18-26-27(20)37-28(34-26)23-6-4-21(5-7-23)3-2-12-35-13-15-36(16-14-35)25-10-8-24(9-11-25)29(30,31)32/h4-11,17-18H,12-16H2,1H3. The summed E-state index contributed by atoms with van der Waals surface area (Å²) in [5, 5.41) is 9.16. The van der Waals surface area contributed by atoms with Gasteiger partial charge in [0, 0.05) is 43.0 Å². The predicted molar refractivity (Wildman–Crippen MR) is 136 cm³/mol. The molecule has 5 nitrogen and oxygen atoms in total. The van der Waals surface area contributed by atoms with Crippen molar-refractivity contribution < 1.29 is 17.6 Å². The molecule has 1 aliphatic heterocycles. The number of hydrogen-bond acceptors (Lipinski definition) is 5. The predicted octanol–water partition coefficient (Wildman–Crippen LogP) is 5.87. The Labute approximate surface area is 212 Å². The van der Waals surface area contributed by atoms with E-state index in [2.05, 4.69) is 32.7 Å². The molecule has 1 fully saturated rings. The van der Waals surface area contributed by atoms with Gasteiger partial charge in [-0.15, -0.1) is 0 Å². The second-order valence-corrected chi connectivity index (χ2v) is 8.96. The van der Waals surface area contributed by atoms with Crippen LogP contribution in [0.2, 0.25) is 0 Å². The summed E-state index contributed by atoms with van der Waals surface area (Å²) in [6, 6.07) is 18.7. The molecule has 0 saturated carbocycles. The minimum absolute atomic E-state index is 0.499. The monoisotopic (exact) mass is 500 g/mol. The van der Waals surface area contributed by atoms with E-state index in [-0.39, 0.29) is 0 Å². The highest BCUT2D eigenvalue weighted by Crippen LogP contribution is 2.31. The van der Waals surface area contributed by atoms with Gasteiger partial charge in [-0.1, -0.05) is 11.8 Å². The van der Waals surface area contributed by atoms with Gasteiger partial charge in [-0.05, 0) is 73.2 Å². The molecule has 1 saturated heterocycles. The lowest BCUT2D eigenvalue weighted by Gasteiger charge is -2.35.